The summed E-state index contributed by atoms with van der Waals surface area (Å²) in [7, 11) is 0. The van der Waals surface area contributed by atoms with Gasteiger partial charge >= 0.3 is 0 Å². The second kappa shape index (κ2) is 9.22. The monoisotopic (exact) mass is 419 g/mol. The fraction of sp³-hybridized carbons (Fsp3) is 0.542. The van der Waals surface area contributed by atoms with Crippen molar-refractivity contribution in [3.8, 4) is 0 Å². The number of nitrogens with one attached hydrogen (secondary N) is 3. The standard InChI is InChI=1S/C24H33N7/c1-17-14-18(15-31-12-6-3-7-13-31)10-11-20(17)28-24-29-22-21(25-16-26-22)23(30-24)27-19-8-4-2-5-9-19/h10-11,14,16,19H,2-9,12-13,15H2,1H3,(H3,25,26,27,28,29,30). The first kappa shape index (κ1) is 20.2. The zero-order valence-corrected chi connectivity index (χ0v) is 18.5. The Labute approximate surface area is 184 Å². The van der Waals surface area contributed by atoms with Crippen molar-refractivity contribution in [2.24, 2.45) is 0 Å². The quantitative estimate of drug-likeness (QED) is 0.513. The minimum absolute atomic E-state index is 0.471. The number of benzene rings is 1. The molecule has 3 N–H and O–H groups in total. The highest BCUT2D eigenvalue weighted by molar-refractivity contribution is 5.84. The first-order valence-corrected chi connectivity index (χ1v) is 11.8. The zero-order valence-electron chi connectivity index (χ0n) is 18.5. The number of aromatic nitrogens is 4. The maximum absolute atomic E-state index is 4.81. The summed E-state index contributed by atoms with van der Waals surface area (Å²) >= 11 is 0. The van der Waals surface area contributed by atoms with E-state index in [1.165, 1.54) is 75.6 Å². The molecule has 164 valence electrons. The summed E-state index contributed by atoms with van der Waals surface area (Å²) in [4.78, 5) is 19.6. The summed E-state index contributed by atoms with van der Waals surface area (Å²) in [6, 6.07) is 7.13. The van der Waals surface area contributed by atoms with E-state index in [0.717, 1.165) is 23.6 Å². The molecule has 3 heterocycles. The molecule has 7 nitrogen and oxygen atoms in total. The Morgan fingerprint density at radius 3 is 2.65 bits per heavy atom. The molecule has 2 fully saturated rings. The lowest BCUT2D eigenvalue weighted by Gasteiger charge is -2.26. The van der Waals surface area contributed by atoms with Crippen molar-refractivity contribution in [1.82, 2.24) is 24.8 Å². The van der Waals surface area contributed by atoms with Gasteiger partial charge in [0.1, 0.15) is 5.52 Å². The number of anilines is 3. The highest BCUT2D eigenvalue weighted by Crippen LogP contribution is 2.27. The molecule has 7 heteroatoms. The van der Waals surface area contributed by atoms with E-state index in [0.29, 0.717) is 17.6 Å². The van der Waals surface area contributed by atoms with Gasteiger partial charge in [0.2, 0.25) is 5.95 Å². The summed E-state index contributed by atoms with van der Waals surface area (Å²) in [5.41, 5.74) is 5.19. The highest BCUT2D eigenvalue weighted by Gasteiger charge is 2.18. The average Bonchev–Trinajstić information content (AvgIpc) is 3.26. The lowest BCUT2D eigenvalue weighted by atomic mass is 9.95. The molecular formula is C24H33N7. The van der Waals surface area contributed by atoms with Gasteiger partial charge < -0.3 is 15.6 Å². The van der Waals surface area contributed by atoms with Crippen molar-refractivity contribution in [2.45, 2.75) is 70.9 Å². The van der Waals surface area contributed by atoms with Gasteiger partial charge in [-0.1, -0.05) is 37.8 Å². The van der Waals surface area contributed by atoms with Crippen molar-refractivity contribution < 1.29 is 0 Å². The summed E-state index contributed by atoms with van der Waals surface area (Å²) in [6.07, 6.45) is 12.0. The Morgan fingerprint density at radius 2 is 1.84 bits per heavy atom. The second-order valence-electron chi connectivity index (χ2n) is 9.09. The van der Waals surface area contributed by atoms with E-state index in [-0.39, 0.29) is 0 Å². The Balaban J connectivity index is 1.33. The van der Waals surface area contributed by atoms with Crippen LogP contribution in [0.4, 0.5) is 17.5 Å². The van der Waals surface area contributed by atoms with E-state index in [1.807, 2.05) is 0 Å². The number of imidazole rings is 1. The Morgan fingerprint density at radius 1 is 1.03 bits per heavy atom. The van der Waals surface area contributed by atoms with Gasteiger partial charge in [0.05, 0.1) is 6.33 Å². The van der Waals surface area contributed by atoms with E-state index < -0.39 is 0 Å². The Hall–Kier alpha value is -2.67. The fourth-order valence-electron chi connectivity index (χ4n) is 4.89. The fourth-order valence-corrected chi connectivity index (χ4v) is 4.89. The smallest absolute Gasteiger partial charge is 0.231 e. The molecular weight excluding hydrogens is 386 g/mol. The van der Waals surface area contributed by atoms with Crippen LogP contribution in [-0.4, -0.2) is 44.0 Å². The van der Waals surface area contributed by atoms with Crippen LogP contribution in [0.5, 0.6) is 0 Å². The first-order chi connectivity index (χ1) is 15.2. The van der Waals surface area contributed by atoms with E-state index in [4.69, 9.17) is 4.98 Å². The number of fused-ring (bicyclic) bond motifs is 1. The van der Waals surface area contributed by atoms with Crippen LogP contribution in [-0.2, 0) is 6.54 Å². The molecule has 0 unspecified atom stereocenters. The normalized spacial score (nSPS) is 18.4. The molecule has 0 bridgehead atoms. The number of likely N-dealkylation sites (tertiary alicyclic amines) is 1. The van der Waals surface area contributed by atoms with Crippen LogP contribution in [0.2, 0.25) is 0 Å². The molecule has 31 heavy (non-hydrogen) atoms. The molecule has 0 atom stereocenters. The maximum Gasteiger partial charge on any atom is 0.231 e. The summed E-state index contributed by atoms with van der Waals surface area (Å²) in [6.45, 7) is 5.61. The summed E-state index contributed by atoms with van der Waals surface area (Å²) in [5.74, 6) is 1.43. The van der Waals surface area contributed by atoms with Crippen LogP contribution < -0.4 is 10.6 Å². The Bertz CT molecular complexity index is 1020. The number of aryl methyl sites for hydroxylation is 1. The zero-order chi connectivity index (χ0) is 21.0. The number of hydrogen-bond donors (Lipinski definition) is 3. The third-order valence-electron chi connectivity index (χ3n) is 6.62. The van der Waals surface area contributed by atoms with Gasteiger partial charge in [0, 0.05) is 18.3 Å². The van der Waals surface area contributed by atoms with Gasteiger partial charge in [-0.3, -0.25) is 4.90 Å². The Kier molecular flexibility index (Phi) is 6.02. The van der Waals surface area contributed by atoms with Crippen LogP contribution in [0.25, 0.3) is 11.2 Å². The lowest BCUT2D eigenvalue weighted by Crippen LogP contribution is -2.29. The van der Waals surface area contributed by atoms with Crippen LogP contribution in [0, 0.1) is 6.92 Å². The molecule has 1 aliphatic carbocycles. The van der Waals surface area contributed by atoms with E-state index in [1.54, 1.807) is 6.33 Å². The van der Waals surface area contributed by atoms with Crippen molar-refractivity contribution in [3.05, 3.63) is 35.7 Å². The van der Waals surface area contributed by atoms with Crippen LogP contribution in [0.15, 0.2) is 24.5 Å². The summed E-state index contributed by atoms with van der Waals surface area (Å²) < 4.78 is 0. The van der Waals surface area contributed by atoms with Crippen molar-refractivity contribution in [1.29, 1.82) is 0 Å². The number of piperidine rings is 1. The van der Waals surface area contributed by atoms with E-state index >= 15 is 0 Å². The molecule has 3 aromatic rings. The van der Waals surface area contributed by atoms with Gasteiger partial charge in [-0.15, -0.1) is 0 Å². The SMILES string of the molecule is Cc1cc(CN2CCCCC2)ccc1Nc1nc(NC2CCCCC2)c2[nH]cnc2n1. The largest absolute Gasteiger partial charge is 0.365 e. The van der Waals surface area contributed by atoms with Crippen LogP contribution >= 0.6 is 0 Å². The molecule has 1 aliphatic heterocycles. The maximum atomic E-state index is 4.81. The predicted molar refractivity (Wildman–Crippen MR) is 126 cm³/mol. The first-order valence-electron chi connectivity index (χ1n) is 11.8. The van der Waals surface area contributed by atoms with Gasteiger partial charge in [-0.05, 0) is 62.9 Å². The second-order valence-corrected chi connectivity index (χ2v) is 9.09. The lowest BCUT2D eigenvalue weighted by molar-refractivity contribution is 0.221. The number of hydrogen-bond acceptors (Lipinski definition) is 6. The van der Waals surface area contributed by atoms with Gasteiger partial charge in [0.15, 0.2) is 11.5 Å². The van der Waals surface area contributed by atoms with E-state index in [2.05, 4.69) is 55.6 Å². The summed E-state index contributed by atoms with van der Waals surface area (Å²) in [5, 5.41) is 7.07. The van der Waals surface area contributed by atoms with Crippen molar-refractivity contribution >= 4 is 28.6 Å². The molecule has 5 rings (SSSR count). The van der Waals surface area contributed by atoms with E-state index in [9.17, 15) is 0 Å². The average molecular weight is 420 g/mol. The molecule has 1 saturated heterocycles. The topological polar surface area (TPSA) is 81.8 Å². The minimum Gasteiger partial charge on any atom is -0.365 e. The number of aromatic amines is 1. The van der Waals surface area contributed by atoms with Crippen molar-refractivity contribution in [3.63, 3.8) is 0 Å². The predicted octanol–water partition coefficient (Wildman–Crippen LogP) is 5.14. The third kappa shape index (κ3) is 4.82. The van der Waals surface area contributed by atoms with Gasteiger partial charge in [-0.2, -0.15) is 9.97 Å². The molecule has 2 aliphatic rings. The van der Waals surface area contributed by atoms with Crippen molar-refractivity contribution in [2.75, 3.05) is 23.7 Å². The van der Waals surface area contributed by atoms with Crippen LogP contribution in [0.1, 0.15) is 62.5 Å². The van der Waals surface area contributed by atoms with Gasteiger partial charge in [0.25, 0.3) is 0 Å². The number of nitrogens with zero attached hydrogens (tertiary/aromatic N) is 4. The molecule has 2 aromatic heterocycles. The number of rotatable bonds is 6. The molecule has 0 amide bonds. The van der Waals surface area contributed by atoms with Gasteiger partial charge in [-0.25, -0.2) is 4.98 Å². The minimum atomic E-state index is 0.471. The third-order valence-corrected chi connectivity index (χ3v) is 6.62. The highest BCUT2D eigenvalue weighted by atomic mass is 15.2. The molecule has 0 radical (unpaired) electrons. The number of H-pyrrole nitrogens is 1. The molecule has 1 aromatic carbocycles. The van der Waals surface area contributed by atoms with Crippen LogP contribution in [0.3, 0.4) is 0 Å². The molecule has 0 spiro atoms. The molecule has 1 saturated carbocycles.